The highest BCUT2D eigenvalue weighted by Crippen LogP contribution is 2.14. The second kappa shape index (κ2) is 9.52. The van der Waals surface area contributed by atoms with Gasteiger partial charge in [0.15, 0.2) is 12.4 Å². The van der Waals surface area contributed by atoms with E-state index in [0.29, 0.717) is 29.0 Å². The number of hydrogen-bond donors (Lipinski definition) is 1. The molecule has 6 nitrogen and oxygen atoms in total. The number of esters is 1. The number of anilines is 1. The quantitative estimate of drug-likeness (QED) is 0.564. The van der Waals surface area contributed by atoms with E-state index in [1.807, 2.05) is 0 Å². The molecule has 0 aliphatic rings. The van der Waals surface area contributed by atoms with Gasteiger partial charge in [0.2, 0.25) is 0 Å². The Morgan fingerprint density at radius 3 is 2.07 bits per heavy atom. The lowest BCUT2D eigenvalue weighted by Crippen LogP contribution is -2.20. The van der Waals surface area contributed by atoms with Gasteiger partial charge in [-0.3, -0.25) is 9.59 Å². The Kier molecular flexibility index (Phi) is 7.11. The van der Waals surface area contributed by atoms with Gasteiger partial charge in [-0.1, -0.05) is 6.92 Å². The van der Waals surface area contributed by atoms with E-state index in [1.54, 1.807) is 69.3 Å². The summed E-state index contributed by atoms with van der Waals surface area (Å²) in [5.74, 6) is -0.179. The van der Waals surface area contributed by atoms with Gasteiger partial charge in [-0.05, 0) is 62.4 Å². The molecule has 2 aromatic carbocycles. The third-order valence-corrected chi connectivity index (χ3v) is 3.61. The van der Waals surface area contributed by atoms with Crippen molar-refractivity contribution in [2.45, 2.75) is 33.3 Å². The van der Waals surface area contributed by atoms with Crippen LogP contribution in [0.1, 0.15) is 47.9 Å². The summed E-state index contributed by atoms with van der Waals surface area (Å²) in [6.07, 6.45) is 0.250. The molecule has 0 saturated carbocycles. The van der Waals surface area contributed by atoms with Gasteiger partial charge < -0.3 is 14.8 Å². The maximum absolute atomic E-state index is 12.0. The third kappa shape index (κ3) is 6.26. The SMILES string of the molecule is CCC(=O)c1ccc(OCC(=O)Nc2ccc(C(=O)OC(C)C)cc2)cc1. The number of carbonyl (C=O) groups is 3. The molecule has 2 aromatic rings. The van der Waals surface area contributed by atoms with Gasteiger partial charge in [0.05, 0.1) is 11.7 Å². The van der Waals surface area contributed by atoms with Crippen LogP contribution in [0, 0.1) is 0 Å². The van der Waals surface area contributed by atoms with E-state index in [-0.39, 0.29) is 24.4 Å². The van der Waals surface area contributed by atoms with Gasteiger partial charge in [0.1, 0.15) is 5.75 Å². The summed E-state index contributed by atoms with van der Waals surface area (Å²) in [6, 6.07) is 13.1. The van der Waals surface area contributed by atoms with Crippen LogP contribution in [-0.2, 0) is 9.53 Å². The molecule has 0 aliphatic carbocycles. The molecular weight excluding hydrogens is 346 g/mol. The Morgan fingerprint density at radius 1 is 0.926 bits per heavy atom. The molecule has 0 heterocycles. The van der Waals surface area contributed by atoms with E-state index in [2.05, 4.69) is 5.32 Å². The molecule has 0 fully saturated rings. The lowest BCUT2D eigenvalue weighted by Gasteiger charge is -2.10. The predicted octanol–water partition coefficient (Wildman–Crippen LogP) is 3.86. The van der Waals surface area contributed by atoms with Crippen molar-refractivity contribution in [3.8, 4) is 5.75 Å². The summed E-state index contributed by atoms with van der Waals surface area (Å²) >= 11 is 0. The first-order chi connectivity index (χ1) is 12.9. The van der Waals surface area contributed by atoms with Gasteiger partial charge in [0.25, 0.3) is 5.91 Å². The molecule has 0 bridgehead atoms. The van der Waals surface area contributed by atoms with E-state index in [0.717, 1.165) is 0 Å². The molecule has 0 atom stereocenters. The van der Waals surface area contributed by atoms with Crippen LogP contribution >= 0.6 is 0 Å². The molecule has 142 valence electrons. The van der Waals surface area contributed by atoms with Crippen LogP contribution in [0.2, 0.25) is 0 Å². The van der Waals surface area contributed by atoms with Crippen molar-refractivity contribution in [1.29, 1.82) is 0 Å². The number of rotatable bonds is 8. The minimum Gasteiger partial charge on any atom is -0.484 e. The Morgan fingerprint density at radius 2 is 1.52 bits per heavy atom. The first-order valence-electron chi connectivity index (χ1n) is 8.76. The zero-order chi connectivity index (χ0) is 19.8. The van der Waals surface area contributed by atoms with Crippen LogP contribution in [0.5, 0.6) is 5.75 Å². The summed E-state index contributed by atoms with van der Waals surface area (Å²) in [6.45, 7) is 5.19. The minimum atomic E-state index is -0.406. The Labute approximate surface area is 158 Å². The molecule has 1 N–H and O–H groups in total. The number of nitrogens with one attached hydrogen (secondary N) is 1. The highest BCUT2D eigenvalue weighted by atomic mass is 16.5. The fraction of sp³-hybridized carbons (Fsp3) is 0.286. The first-order valence-corrected chi connectivity index (χ1v) is 8.76. The van der Waals surface area contributed by atoms with Crippen LogP contribution in [-0.4, -0.2) is 30.4 Å². The van der Waals surface area contributed by atoms with Crippen LogP contribution in [0.25, 0.3) is 0 Å². The molecule has 0 aliphatic heterocycles. The van der Waals surface area contributed by atoms with Crippen LogP contribution in [0.3, 0.4) is 0 Å². The van der Waals surface area contributed by atoms with Gasteiger partial charge in [-0.2, -0.15) is 0 Å². The van der Waals surface area contributed by atoms with Crippen molar-refractivity contribution in [3.63, 3.8) is 0 Å². The molecule has 27 heavy (non-hydrogen) atoms. The zero-order valence-electron chi connectivity index (χ0n) is 15.7. The van der Waals surface area contributed by atoms with Crippen LogP contribution < -0.4 is 10.1 Å². The van der Waals surface area contributed by atoms with Gasteiger partial charge in [-0.15, -0.1) is 0 Å². The summed E-state index contributed by atoms with van der Waals surface area (Å²) < 4.78 is 10.5. The van der Waals surface area contributed by atoms with E-state index in [9.17, 15) is 14.4 Å². The van der Waals surface area contributed by atoms with Gasteiger partial charge in [-0.25, -0.2) is 4.79 Å². The highest BCUT2D eigenvalue weighted by molar-refractivity contribution is 5.96. The van der Waals surface area contributed by atoms with Gasteiger partial charge in [0, 0.05) is 17.7 Å². The molecule has 6 heteroatoms. The number of amides is 1. The van der Waals surface area contributed by atoms with Crippen LogP contribution in [0.4, 0.5) is 5.69 Å². The van der Waals surface area contributed by atoms with E-state index in [4.69, 9.17) is 9.47 Å². The van der Waals surface area contributed by atoms with Crippen LogP contribution in [0.15, 0.2) is 48.5 Å². The Balaban J connectivity index is 1.85. The number of ether oxygens (including phenoxy) is 2. The molecule has 0 aromatic heterocycles. The molecule has 0 saturated heterocycles. The van der Waals surface area contributed by atoms with Crippen molar-refractivity contribution >= 4 is 23.3 Å². The fourth-order valence-corrected chi connectivity index (χ4v) is 2.26. The van der Waals surface area contributed by atoms with Crippen molar-refractivity contribution in [2.75, 3.05) is 11.9 Å². The van der Waals surface area contributed by atoms with Crippen molar-refractivity contribution in [1.82, 2.24) is 0 Å². The zero-order valence-corrected chi connectivity index (χ0v) is 15.7. The average Bonchev–Trinajstić information content (AvgIpc) is 2.66. The molecule has 2 rings (SSSR count). The number of benzene rings is 2. The maximum atomic E-state index is 12.0. The topological polar surface area (TPSA) is 81.7 Å². The van der Waals surface area contributed by atoms with Crippen molar-refractivity contribution in [3.05, 3.63) is 59.7 Å². The Hall–Kier alpha value is -3.15. The number of carbonyl (C=O) groups excluding carboxylic acids is 3. The second-order valence-corrected chi connectivity index (χ2v) is 6.17. The fourth-order valence-electron chi connectivity index (χ4n) is 2.26. The summed E-state index contributed by atoms with van der Waals surface area (Å²) in [7, 11) is 0. The monoisotopic (exact) mass is 369 g/mol. The molecule has 1 amide bonds. The van der Waals surface area contributed by atoms with E-state index < -0.39 is 5.97 Å². The molecule has 0 radical (unpaired) electrons. The third-order valence-electron chi connectivity index (χ3n) is 3.61. The predicted molar refractivity (Wildman–Crippen MR) is 102 cm³/mol. The Bertz CT molecular complexity index is 794. The van der Waals surface area contributed by atoms with Crippen molar-refractivity contribution in [2.24, 2.45) is 0 Å². The normalized spacial score (nSPS) is 10.4. The summed E-state index contributed by atoms with van der Waals surface area (Å²) in [5, 5.41) is 2.69. The average molecular weight is 369 g/mol. The maximum Gasteiger partial charge on any atom is 0.338 e. The second-order valence-electron chi connectivity index (χ2n) is 6.17. The lowest BCUT2D eigenvalue weighted by atomic mass is 10.1. The highest BCUT2D eigenvalue weighted by Gasteiger charge is 2.10. The standard InChI is InChI=1S/C21H23NO5/c1-4-19(23)15-7-11-18(12-8-15)26-13-20(24)22-17-9-5-16(6-10-17)21(25)27-14(2)3/h5-12,14H,4,13H2,1-3H3,(H,22,24). The molecule has 0 unspecified atom stereocenters. The smallest absolute Gasteiger partial charge is 0.338 e. The molecule has 0 spiro atoms. The van der Waals surface area contributed by atoms with Gasteiger partial charge >= 0.3 is 5.97 Å². The largest absolute Gasteiger partial charge is 0.484 e. The summed E-state index contributed by atoms with van der Waals surface area (Å²) in [4.78, 5) is 35.4. The van der Waals surface area contributed by atoms with Crippen molar-refractivity contribution < 1.29 is 23.9 Å². The molecular formula is C21H23NO5. The minimum absolute atomic E-state index is 0.0556. The lowest BCUT2D eigenvalue weighted by molar-refractivity contribution is -0.118. The number of Topliss-reactive ketones (excluding diaryl/α,β-unsaturated/α-hetero) is 1. The first kappa shape index (κ1) is 20.2. The number of ketones is 1. The van der Waals surface area contributed by atoms with E-state index >= 15 is 0 Å². The number of hydrogen-bond acceptors (Lipinski definition) is 5. The summed E-state index contributed by atoms with van der Waals surface area (Å²) in [5.41, 5.74) is 1.58. The van der Waals surface area contributed by atoms with E-state index in [1.165, 1.54) is 0 Å².